The first-order valence-electron chi connectivity index (χ1n) is 15.7. The summed E-state index contributed by atoms with van der Waals surface area (Å²) in [5.41, 5.74) is 13.1. The van der Waals surface area contributed by atoms with Crippen LogP contribution in [0, 0.1) is 0 Å². The first kappa shape index (κ1) is 38.3. The number of nitrogens with one attached hydrogen (secondary N) is 7. The zero-order chi connectivity index (χ0) is 37.0. The van der Waals surface area contributed by atoms with Crippen LogP contribution in [0.4, 0.5) is 9.59 Å². The van der Waals surface area contributed by atoms with E-state index in [1.165, 1.54) is 0 Å². The molecule has 6 unspecified atom stereocenters. The SMILES string of the molecule is CC1(CNC(=O)C(CN=[N+]=[N-])NC(=O)OC(CCCOC(=O)NCC(=O)NCC2OC(n3ccc(=O)[nH]c3=O)C(O)C2O)c2ccccc2)NN1. The van der Waals surface area contributed by atoms with E-state index in [9.17, 15) is 39.0 Å². The summed E-state index contributed by atoms with van der Waals surface area (Å²) in [5, 5.41) is 33.8. The minimum Gasteiger partial charge on any atom is -0.450 e. The summed E-state index contributed by atoms with van der Waals surface area (Å²) >= 11 is 0. The maximum atomic E-state index is 12.8. The molecule has 3 heterocycles. The van der Waals surface area contributed by atoms with E-state index in [4.69, 9.17) is 19.7 Å². The third-order valence-electron chi connectivity index (χ3n) is 7.72. The number of aromatic amines is 1. The molecule has 0 saturated carbocycles. The lowest BCUT2D eigenvalue weighted by Gasteiger charge is -2.22. The number of amides is 4. The average molecular weight is 718 g/mol. The van der Waals surface area contributed by atoms with Crippen molar-refractivity contribution < 1.29 is 43.6 Å². The monoisotopic (exact) mass is 717 g/mol. The van der Waals surface area contributed by atoms with Crippen molar-refractivity contribution in [2.75, 3.05) is 32.8 Å². The van der Waals surface area contributed by atoms with Crippen LogP contribution in [0.3, 0.4) is 0 Å². The molecule has 2 fully saturated rings. The van der Waals surface area contributed by atoms with E-state index in [0.717, 1.165) is 16.8 Å². The molecule has 4 amide bonds. The molecule has 0 radical (unpaired) electrons. The van der Waals surface area contributed by atoms with E-state index in [0.29, 0.717) is 5.56 Å². The Kier molecular flexibility index (Phi) is 13.5. The lowest BCUT2D eigenvalue weighted by molar-refractivity contribution is -0.123. The Morgan fingerprint density at radius 1 is 1.08 bits per heavy atom. The van der Waals surface area contributed by atoms with Gasteiger partial charge in [-0.1, -0.05) is 35.4 Å². The number of H-pyrrole nitrogens is 1. The molecule has 9 N–H and O–H groups in total. The number of azide groups is 1. The molecule has 22 nitrogen and oxygen atoms in total. The number of aromatic nitrogens is 2. The first-order valence-corrected chi connectivity index (χ1v) is 15.7. The number of carbonyl (C=O) groups excluding carboxylic acids is 4. The fraction of sp³-hybridized carbons (Fsp3) is 0.517. The Hall–Kier alpha value is -5.51. The van der Waals surface area contributed by atoms with E-state index in [1.807, 2.05) is 4.98 Å². The largest absolute Gasteiger partial charge is 0.450 e. The van der Waals surface area contributed by atoms with Crippen LogP contribution in [0.15, 0.2) is 57.3 Å². The van der Waals surface area contributed by atoms with Gasteiger partial charge in [0.2, 0.25) is 11.8 Å². The standard InChI is InChI=1S/C29H39N11O11/c1-29(37-38-29)15-33-24(45)17(12-34-39-30)35-28(48)51-18(16-6-3-2-4-7-16)8-5-11-49-27(47)32-14-21(42)31-13-19-22(43)23(44)25(50-19)40-10-9-20(41)36-26(40)46/h2-4,6-7,9-10,17-19,22-23,25,37-38,43-44H,5,8,11-15H2,1H3,(H,31,42)(H,32,47)(H,33,45)(H,35,48)(H,36,41,46). The Morgan fingerprint density at radius 2 is 1.82 bits per heavy atom. The molecule has 0 aliphatic carbocycles. The Labute approximate surface area is 288 Å². The number of aliphatic hydroxyl groups excluding tert-OH is 2. The maximum Gasteiger partial charge on any atom is 0.408 e. The van der Waals surface area contributed by atoms with Crippen molar-refractivity contribution >= 4 is 24.0 Å². The molecular weight excluding hydrogens is 678 g/mol. The number of hydrogen-bond acceptors (Lipinski definition) is 14. The van der Waals surface area contributed by atoms with Gasteiger partial charge in [-0.05, 0) is 30.9 Å². The van der Waals surface area contributed by atoms with Crippen LogP contribution in [0.2, 0.25) is 0 Å². The van der Waals surface area contributed by atoms with Crippen molar-refractivity contribution in [2.45, 2.75) is 62.1 Å². The number of carbonyl (C=O) groups is 4. The van der Waals surface area contributed by atoms with Crippen molar-refractivity contribution in [3.8, 4) is 0 Å². The van der Waals surface area contributed by atoms with Gasteiger partial charge in [-0.2, -0.15) is 0 Å². The number of hydrazine groups is 1. The topological polar surface area (TPSA) is 332 Å². The summed E-state index contributed by atoms with van der Waals surface area (Å²) in [7, 11) is 0. The van der Waals surface area contributed by atoms with Crippen LogP contribution in [-0.2, 0) is 23.8 Å². The highest BCUT2D eigenvalue weighted by atomic mass is 16.6. The van der Waals surface area contributed by atoms with Crippen molar-refractivity contribution in [3.05, 3.63) is 79.4 Å². The van der Waals surface area contributed by atoms with E-state index < -0.39 is 84.1 Å². The van der Waals surface area contributed by atoms with E-state index in [2.05, 4.69) is 42.1 Å². The Morgan fingerprint density at radius 3 is 2.51 bits per heavy atom. The van der Waals surface area contributed by atoms with Crippen LogP contribution in [0.1, 0.15) is 37.7 Å². The molecule has 6 atom stereocenters. The summed E-state index contributed by atoms with van der Waals surface area (Å²) < 4.78 is 17.1. The number of hydrogen-bond donors (Lipinski definition) is 9. The van der Waals surface area contributed by atoms with Crippen molar-refractivity contribution in [2.24, 2.45) is 5.11 Å². The minimum absolute atomic E-state index is 0.115. The molecule has 4 rings (SSSR count). The predicted molar refractivity (Wildman–Crippen MR) is 173 cm³/mol. The van der Waals surface area contributed by atoms with E-state index in [1.54, 1.807) is 37.3 Å². The lowest BCUT2D eigenvalue weighted by Crippen LogP contribution is -2.50. The lowest BCUT2D eigenvalue weighted by atomic mass is 10.1. The van der Waals surface area contributed by atoms with Crippen LogP contribution in [-0.4, -0.2) is 107 Å². The molecule has 2 saturated heterocycles. The molecule has 276 valence electrons. The highest BCUT2D eigenvalue weighted by Crippen LogP contribution is 2.28. The zero-order valence-corrected chi connectivity index (χ0v) is 27.3. The Bertz CT molecular complexity index is 1690. The second-order valence-corrected chi connectivity index (χ2v) is 11.7. The zero-order valence-electron chi connectivity index (χ0n) is 27.3. The fourth-order valence-electron chi connectivity index (χ4n) is 4.83. The van der Waals surface area contributed by atoms with Gasteiger partial charge in [0, 0.05) is 23.7 Å². The van der Waals surface area contributed by atoms with Gasteiger partial charge in [-0.25, -0.2) is 25.2 Å². The Balaban J connectivity index is 1.18. The minimum atomic E-state index is -1.53. The van der Waals surface area contributed by atoms with Gasteiger partial charge in [0.25, 0.3) is 5.56 Å². The number of benzene rings is 1. The van der Waals surface area contributed by atoms with Crippen LogP contribution in [0.25, 0.3) is 10.4 Å². The molecule has 2 aromatic rings. The van der Waals surface area contributed by atoms with Crippen LogP contribution < -0.4 is 43.4 Å². The van der Waals surface area contributed by atoms with Crippen LogP contribution >= 0.6 is 0 Å². The summed E-state index contributed by atoms with van der Waals surface area (Å²) in [6.07, 6.45) is -6.56. The quantitative estimate of drug-likeness (QED) is 0.0278. The van der Waals surface area contributed by atoms with Gasteiger partial charge in [-0.15, -0.1) is 0 Å². The van der Waals surface area contributed by atoms with Crippen LogP contribution in [0.5, 0.6) is 0 Å². The molecule has 0 bridgehead atoms. The third-order valence-corrected chi connectivity index (χ3v) is 7.72. The summed E-state index contributed by atoms with van der Waals surface area (Å²) in [5.74, 6) is -1.26. The van der Waals surface area contributed by atoms with Gasteiger partial charge in [0.05, 0.1) is 26.2 Å². The number of alkyl carbamates (subject to hydrolysis) is 2. The number of rotatable bonds is 17. The second kappa shape index (κ2) is 17.9. The third kappa shape index (κ3) is 11.5. The average Bonchev–Trinajstić information content (AvgIpc) is 3.79. The smallest absolute Gasteiger partial charge is 0.408 e. The first-order chi connectivity index (χ1) is 24.4. The predicted octanol–water partition coefficient (Wildman–Crippen LogP) is -2.13. The number of ether oxygens (including phenoxy) is 3. The molecule has 2 aliphatic heterocycles. The maximum absolute atomic E-state index is 12.8. The summed E-state index contributed by atoms with van der Waals surface area (Å²) in [6, 6.07) is 8.55. The van der Waals surface area contributed by atoms with E-state index in [-0.39, 0.29) is 39.1 Å². The van der Waals surface area contributed by atoms with Gasteiger partial charge < -0.3 is 45.7 Å². The summed E-state index contributed by atoms with van der Waals surface area (Å²) in [4.78, 5) is 77.9. The van der Waals surface area contributed by atoms with Gasteiger partial charge in [0.1, 0.15) is 36.1 Å². The van der Waals surface area contributed by atoms with Gasteiger partial charge >= 0.3 is 17.9 Å². The molecule has 2 aliphatic rings. The molecule has 1 aromatic heterocycles. The number of aliphatic hydroxyl groups is 2. The van der Waals surface area contributed by atoms with Gasteiger partial charge in [0.15, 0.2) is 6.23 Å². The number of nitrogens with zero attached hydrogens (tertiary/aromatic N) is 4. The van der Waals surface area contributed by atoms with Crippen molar-refractivity contribution in [3.63, 3.8) is 0 Å². The molecule has 51 heavy (non-hydrogen) atoms. The fourth-order valence-corrected chi connectivity index (χ4v) is 4.83. The highest BCUT2D eigenvalue weighted by molar-refractivity contribution is 5.86. The molecule has 22 heteroatoms. The normalized spacial score (nSPS) is 21.2. The van der Waals surface area contributed by atoms with Crippen molar-refractivity contribution in [1.82, 2.24) is 41.7 Å². The molecule has 1 aromatic carbocycles. The van der Waals surface area contributed by atoms with Crippen molar-refractivity contribution in [1.29, 1.82) is 0 Å². The van der Waals surface area contributed by atoms with Gasteiger partial charge in [-0.3, -0.25) is 23.9 Å². The molecular formula is C29H39N11O11. The summed E-state index contributed by atoms with van der Waals surface area (Å²) in [6.45, 7) is 0.765. The highest BCUT2D eigenvalue weighted by Gasteiger charge is 2.44. The van der Waals surface area contributed by atoms with E-state index >= 15 is 0 Å². The molecule has 0 spiro atoms. The second-order valence-electron chi connectivity index (χ2n) is 11.7.